The van der Waals surface area contributed by atoms with Gasteiger partial charge < -0.3 is 14.7 Å². The summed E-state index contributed by atoms with van der Waals surface area (Å²) in [6, 6.07) is 10.7. The highest BCUT2D eigenvalue weighted by Crippen LogP contribution is 2.26. The Balaban J connectivity index is 0.00000225. The summed E-state index contributed by atoms with van der Waals surface area (Å²) in [5.74, 6) is 2.97. The number of hydrogen-bond acceptors (Lipinski definition) is 4. The fourth-order valence-electron chi connectivity index (χ4n) is 3.16. The molecular formula is C18H26IN5O. The first kappa shape index (κ1) is 19.7. The molecule has 0 bridgehead atoms. The molecule has 1 aromatic heterocycles. The average molecular weight is 455 g/mol. The minimum atomic E-state index is 0. The third-order valence-corrected chi connectivity index (χ3v) is 4.39. The molecule has 2 aromatic rings. The van der Waals surface area contributed by atoms with Crippen LogP contribution in [0.15, 0.2) is 39.8 Å². The zero-order valence-corrected chi connectivity index (χ0v) is 17.1. The van der Waals surface area contributed by atoms with E-state index < -0.39 is 0 Å². The molecular weight excluding hydrogens is 429 g/mol. The normalized spacial score (nSPS) is 17.4. The summed E-state index contributed by atoms with van der Waals surface area (Å²) in [5.41, 5.74) is 1.42. The van der Waals surface area contributed by atoms with E-state index in [1.54, 1.807) is 0 Å². The van der Waals surface area contributed by atoms with E-state index in [2.05, 4.69) is 55.7 Å². The third-order valence-electron chi connectivity index (χ3n) is 4.39. The van der Waals surface area contributed by atoms with Crippen LogP contribution in [0.1, 0.15) is 36.0 Å². The van der Waals surface area contributed by atoms with Crippen molar-refractivity contribution in [1.82, 2.24) is 20.4 Å². The van der Waals surface area contributed by atoms with Crippen LogP contribution in [0.2, 0.25) is 0 Å². The minimum Gasteiger partial charge on any atom is -0.356 e. The predicted molar refractivity (Wildman–Crippen MR) is 110 cm³/mol. The highest BCUT2D eigenvalue weighted by atomic mass is 127. The SMILES string of the molecule is CN=C(NCCCc1nc(C)no1)N1CCC(c2ccccc2)C1.I. The van der Waals surface area contributed by atoms with Gasteiger partial charge in [-0.25, -0.2) is 0 Å². The second-order valence-electron chi connectivity index (χ2n) is 6.16. The molecule has 1 aliphatic heterocycles. The molecule has 0 amide bonds. The monoisotopic (exact) mass is 455 g/mol. The van der Waals surface area contributed by atoms with Crippen LogP contribution in [0.25, 0.3) is 0 Å². The maximum Gasteiger partial charge on any atom is 0.226 e. The lowest BCUT2D eigenvalue weighted by molar-refractivity contribution is 0.371. The van der Waals surface area contributed by atoms with E-state index in [4.69, 9.17) is 4.52 Å². The van der Waals surface area contributed by atoms with E-state index in [1.165, 1.54) is 12.0 Å². The molecule has 6 nitrogen and oxygen atoms in total. The van der Waals surface area contributed by atoms with Gasteiger partial charge in [0.25, 0.3) is 0 Å². The summed E-state index contributed by atoms with van der Waals surface area (Å²) < 4.78 is 5.13. The second-order valence-corrected chi connectivity index (χ2v) is 6.16. The molecule has 3 rings (SSSR count). The summed E-state index contributed by atoms with van der Waals surface area (Å²) in [7, 11) is 1.85. The van der Waals surface area contributed by atoms with Crippen molar-refractivity contribution >= 4 is 29.9 Å². The first-order chi connectivity index (χ1) is 11.8. The van der Waals surface area contributed by atoms with E-state index >= 15 is 0 Å². The van der Waals surface area contributed by atoms with Gasteiger partial charge in [0, 0.05) is 39.0 Å². The summed E-state index contributed by atoms with van der Waals surface area (Å²) >= 11 is 0. The molecule has 0 spiro atoms. The summed E-state index contributed by atoms with van der Waals surface area (Å²) in [6.45, 7) is 4.75. The Morgan fingerprint density at radius 3 is 2.84 bits per heavy atom. The van der Waals surface area contributed by atoms with Gasteiger partial charge in [0.2, 0.25) is 5.89 Å². The predicted octanol–water partition coefficient (Wildman–Crippen LogP) is 2.99. The summed E-state index contributed by atoms with van der Waals surface area (Å²) in [4.78, 5) is 11.0. The molecule has 1 saturated heterocycles. The van der Waals surface area contributed by atoms with E-state index in [9.17, 15) is 0 Å². The molecule has 25 heavy (non-hydrogen) atoms. The number of likely N-dealkylation sites (tertiary alicyclic amines) is 1. The van der Waals surface area contributed by atoms with Crippen LogP contribution in [0.5, 0.6) is 0 Å². The average Bonchev–Trinajstić information content (AvgIpc) is 3.25. The van der Waals surface area contributed by atoms with Gasteiger partial charge in [-0.3, -0.25) is 4.99 Å². The zero-order valence-electron chi connectivity index (χ0n) is 14.8. The number of nitrogens with one attached hydrogen (secondary N) is 1. The Morgan fingerprint density at radius 2 is 2.16 bits per heavy atom. The van der Waals surface area contributed by atoms with Crippen LogP contribution in [0.3, 0.4) is 0 Å². The smallest absolute Gasteiger partial charge is 0.226 e. The van der Waals surface area contributed by atoms with Crippen molar-refractivity contribution in [2.24, 2.45) is 4.99 Å². The maximum absolute atomic E-state index is 5.13. The number of rotatable bonds is 5. The number of aromatic nitrogens is 2. The Hall–Kier alpha value is -1.64. The lowest BCUT2D eigenvalue weighted by atomic mass is 9.99. The fourth-order valence-corrected chi connectivity index (χ4v) is 3.16. The second kappa shape index (κ2) is 9.74. The van der Waals surface area contributed by atoms with Gasteiger partial charge in [0.15, 0.2) is 11.8 Å². The van der Waals surface area contributed by atoms with Gasteiger partial charge in [-0.1, -0.05) is 35.5 Å². The molecule has 2 heterocycles. The number of aryl methyl sites for hydroxylation is 2. The lowest BCUT2D eigenvalue weighted by Crippen LogP contribution is -2.40. The lowest BCUT2D eigenvalue weighted by Gasteiger charge is -2.21. The maximum atomic E-state index is 5.13. The van der Waals surface area contributed by atoms with Crippen molar-refractivity contribution in [3.63, 3.8) is 0 Å². The van der Waals surface area contributed by atoms with E-state index in [0.717, 1.165) is 38.4 Å². The molecule has 1 aliphatic rings. The number of halogens is 1. The number of benzene rings is 1. The highest BCUT2D eigenvalue weighted by molar-refractivity contribution is 14.0. The van der Waals surface area contributed by atoms with Crippen molar-refractivity contribution < 1.29 is 4.52 Å². The highest BCUT2D eigenvalue weighted by Gasteiger charge is 2.25. The van der Waals surface area contributed by atoms with Crippen LogP contribution >= 0.6 is 24.0 Å². The first-order valence-electron chi connectivity index (χ1n) is 8.56. The Kier molecular flexibility index (Phi) is 7.67. The fraction of sp³-hybridized carbons (Fsp3) is 0.500. The largest absolute Gasteiger partial charge is 0.356 e. The van der Waals surface area contributed by atoms with Gasteiger partial charge in [0.1, 0.15) is 0 Å². The van der Waals surface area contributed by atoms with Crippen molar-refractivity contribution in [3.05, 3.63) is 47.6 Å². The van der Waals surface area contributed by atoms with Crippen molar-refractivity contribution in [2.45, 2.75) is 32.1 Å². The molecule has 1 atom stereocenters. The van der Waals surface area contributed by atoms with Gasteiger partial charge in [-0.15, -0.1) is 24.0 Å². The number of aliphatic imine (C=N–C) groups is 1. The van der Waals surface area contributed by atoms with Crippen LogP contribution in [0.4, 0.5) is 0 Å². The Labute approximate surface area is 166 Å². The van der Waals surface area contributed by atoms with Crippen LogP contribution in [-0.2, 0) is 6.42 Å². The van der Waals surface area contributed by atoms with Gasteiger partial charge in [0.05, 0.1) is 0 Å². The van der Waals surface area contributed by atoms with Crippen molar-refractivity contribution in [1.29, 1.82) is 0 Å². The van der Waals surface area contributed by atoms with E-state index in [1.807, 2.05) is 14.0 Å². The summed E-state index contributed by atoms with van der Waals surface area (Å²) in [5, 5.41) is 7.25. The van der Waals surface area contributed by atoms with Crippen LogP contribution < -0.4 is 5.32 Å². The van der Waals surface area contributed by atoms with E-state index in [0.29, 0.717) is 17.6 Å². The molecule has 136 valence electrons. The van der Waals surface area contributed by atoms with Crippen LogP contribution in [-0.4, -0.2) is 47.7 Å². The molecule has 0 radical (unpaired) electrons. The number of nitrogens with zero attached hydrogens (tertiary/aromatic N) is 4. The van der Waals surface area contributed by atoms with Gasteiger partial charge >= 0.3 is 0 Å². The first-order valence-corrected chi connectivity index (χ1v) is 8.56. The van der Waals surface area contributed by atoms with Gasteiger partial charge in [-0.2, -0.15) is 4.98 Å². The number of hydrogen-bond donors (Lipinski definition) is 1. The van der Waals surface area contributed by atoms with Crippen LogP contribution in [0, 0.1) is 6.92 Å². The van der Waals surface area contributed by atoms with Crippen molar-refractivity contribution in [3.8, 4) is 0 Å². The molecule has 1 aromatic carbocycles. The topological polar surface area (TPSA) is 66.5 Å². The van der Waals surface area contributed by atoms with Gasteiger partial charge in [-0.05, 0) is 25.3 Å². The molecule has 0 saturated carbocycles. The standard InChI is InChI=1S/C18H25N5O.HI/c1-14-21-17(24-22-14)9-6-11-20-18(19-2)23-12-10-16(13-23)15-7-4-3-5-8-15;/h3-5,7-8,16H,6,9-13H2,1-2H3,(H,19,20);1H. The zero-order chi connectivity index (χ0) is 16.8. The third kappa shape index (κ3) is 5.42. The molecule has 1 N–H and O–H groups in total. The Bertz CT molecular complexity index is 673. The Morgan fingerprint density at radius 1 is 1.36 bits per heavy atom. The quantitative estimate of drug-likeness (QED) is 0.325. The van der Waals surface area contributed by atoms with E-state index in [-0.39, 0.29) is 24.0 Å². The summed E-state index contributed by atoms with van der Waals surface area (Å²) in [6.07, 6.45) is 2.90. The minimum absolute atomic E-state index is 0. The molecule has 7 heteroatoms. The molecule has 0 aliphatic carbocycles. The molecule has 1 fully saturated rings. The van der Waals surface area contributed by atoms with Crippen molar-refractivity contribution in [2.75, 3.05) is 26.7 Å². The number of guanidine groups is 1. The molecule has 1 unspecified atom stereocenters.